The van der Waals surface area contributed by atoms with E-state index in [2.05, 4.69) is 96.9 Å². The Hall–Kier alpha value is -6.92. The van der Waals surface area contributed by atoms with Crippen LogP contribution in [0.1, 0.15) is 52.8 Å². The van der Waals surface area contributed by atoms with Crippen molar-refractivity contribution in [3.05, 3.63) is 181 Å². The van der Waals surface area contributed by atoms with Crippen LogP contribution >= 0.6 is 0 Å². The van der Waals surface area contributed by atoms with Gasteiger partial charge < -0.3 is 9.30 Å². The summed E-state index contributed by atoms with van der Waals surface area (Å²) in [7, 11) is 0. The molecular weight excluding hydrogens is 687 g/mol. The highest BCUT2D eigenvalue weighted by Gasteiger charge is 2.20. The fourth-order valence-corrected chi connectivity index (χ4v) is 7.58. The first-order valence-corrected chi connectivity index (χ1v) is 18.2. The van der Waals surface area contributed by atoms with Crippen molar-refractivity contribution in [3.63, 3.8) is 0 Å². The number of ether oxygens (including phenoxy) is 1. The Balaban J connectivity index is 1.14. The molecule has 6 nitrogen and oxygen atoms in total. The van der Waals surface area contributed by atoms with Crippen molar-refractivity contribution < 1.29 is 24.4 Å². The molecule has 0 N–H and O–H groups in total. The minimum absolute atomic E-state index is 0.135. The maximum absolute atomic E-state index is 8.60. The Morgan fingerprint density at radius 2 is 1.34 bits per heavy atom. The van der Waals surface area contributed by atoms with Crippen molar-refractivity contribution in [2.24, 2.45) is 0 Å². The molecule has 6 heteroatoms. The predicted octanol–water partition coefficient (Wildman–Crippen LogP) is 11.9. The van der Waals surface area contributed by atoms with E-state index < -0.39 is 61.0 Å². The minimum atomic E-state index is -3.12. The summed E-state index contributed by atoms with van der Waals surface area (Å²) in [5.41, 5.74) is 3.93. The van der Waals surface area contributed by atoms with Crippen LogP contribution in [0.15, 0.2) is 158 Å². The highest BCUT2D eigenvalue weighted by molar-refractivity contribution is 6.12. The van der Waals surface area contributed by atoms with Gasteiger partial charge in [0, 0.05) is 47.7 Å². The zero-order chi connectivity index (χ0) is 47.5. The van der Waals surface area contributed by atoms with Crippen molar-refractivity contribution >= 4 is 43.6 Å². The first-order chi connectivity index (χ1) is 31.7. The van der Waals surface area contributed by atoms with E-state index in [0.29, 0.717) is 11.6 Å². The molecule has 0 spiro atoms. The maximum atomic E-state index is 8.60. The maximum Gasteiger partial charge on any atom is 0.269 e. The van der Waals surface area contributed by atoms with E-state index in [4.69, 9.17) is 24.8 Å². The molecule has 0 aliphatic heterocycles. The zero-order valence-corrected chi connectivity index (χ0v) is 30.8. The lowest BCUT2D eigenvalue weighted by Gasteiger charge is -2.20. The van der Waals surface area contributed by atoms with Crippen molar-refractivity contribution in [2.75, 3.05) is 0 Å². The zero-order valence-electron chi connectivity index (χ0n) is 41.8. The van der Waals surface area contributed by atoms with Gasteiger partial charge in [0.15, 0.2) is 0 Å². The third-order valence-corrected chi connectivity index (χ3v) is 10.3. The fraction of sp³-hybridized carbons (Fsp3) is 0.120. The summed E-state index contributed by atoms with van der Waals surface area (Å²) in [6.07, 6.45) is 4.56. The molecule has 0 aliphatic carbocycles. The number of pyridine rings is 1. The van der Waals surface area contributed by atoms with Crippen LogP contribution < -0.4 is 9.30 Å². The van der Waals surface area contributed by atoms with E-state index in [1.54, 1.807) is 12.1 Å². The number of imidazole rings is 1. The summed E-state index contributed by atoms with van der Waals surface area (Å²) in [4.78, 5) is 4.92. The molecule has 0 amide bonds. The number of hydrogen-bond donors (Lipinski definition) is 0. The highest BCUT2D eigenvalue weighted by Crippen LogP contribution is 2.39. The lowest BCUT2D eigenvalue weighted by Crippen LogP contribution is -2.31. The molecule has 0 saturated carbocycles. The Bertz CT molecular complexity index is 3570. The van der Waals surface area contributed by atoms with Crippen molar-refractivity contribution in [2.45, 2.75) is 39.9 Å². The Morgan fingerprint density at radius 1 is 0.643 bits per heavy atom. The lowest BCUT2D eigenvalue weighted by molar-refractivity contribution is -0.606. The van der Waals surface area contributed by atoms with Gasteiger partial charge in [0.1, 0.15) is 17.3 Å². The van der Waals surface area contributed by atoms with Crippen LogP contribution in [-0.4, -0.2) is 18.7 Å². The molecule has 0 atom stereocenters. The van der Waals surface area contributed by atoms with E-state index in [1.807, 2.05) is 42.6 Å². The van der Waals surface area contributed by atoms with Gasteiger partial charge in [-0.3, -0.25) is 13.7 Å². The summed E-state index contributed by atoms with van der Waals surface area (Å²) in [5.74, 6) is 1.42. The Labute approximate surface area is 341 Å². The minimum Gasteiger partial charge on any atom is -0.458 e. The monoisotopic (exact) mass is 738 g/mol. The van der Waals surface area contributed by atoms with E-state index in [9.17, 15) is 0 Å². The van der Waals surface area contributed by atoms with Gasteiger partial charge in [-0.25, -0.2) is 4.98 Å². The van der Waals surface area contributed by atoms with Gasteiger partial charge in [-0.2, -0.15) is 0 Å². The summed E-state index contributed by atoms with van der Waals surface area (Å²) in [5, 5.41) is 4.25. The quantitative estimate of drug-likeness (QED) is 0.126. The number of fused-ring (bicyclic) bond motifs is 6. The molecule has 0 saturated heterocycles. The summed E-state index contributed by atoms with van der Waals surface area (Å²) < 4.78 is 105. The molecule has 10 rings (SSSR count). The lowest BCUT2D eigenvalue weighted by atomic mass is 9.88. The predicted molar refractivity (Wildman–Crippen MR) is 227 cm³/mol. The molecule has 6 aromatic carbocycles. The molecular formula is C50H41N5O. The number of nitrogens with zero attached hydrogens (tertiary/aromatic N) is 5. The van der Waals surface area contributed by atoms with Gasteiger partial charge in [-0.15, -0.1) is 0 Å². The van der Waals surface area contributed by atoms with Crippen LogP contribution in [0, 0.1) is 20.0 Å². The highest BCUT2D eigenvalue weighted by atomic mass is 16.5. The summed E-state index contributed by atoms with van der Waals surface area (Å²) in [6.45, 7) is 0.286. The van der Waals surface area contributed by atoms with Gasteiger partial charge in [-0.1, -0.05) is 87.4 Å². The van der Waals surface area contributed by atoms with E-state index in [-0.39, 0.29) is 16.9 Å². The molecule has 0 fully saturated rings. The van der Waals surface area contributed by atoms with Crippen LogP contribution in [0.4, 0.5) is 0 Å². The topological polar surface area (TPSA) is 40.8 Å². The SMILES string of the molecule is [2H]c1c([2H])c([2H])c(-[n+]2[c-]n(-c3cccc(Oc4ccc5c6ccc(-n7c8ccccc8c8ccccc87)cc6n(-c6cc(C(C)(C)C)ccn6)c5c4)c3)c(C([2H])([2H])[2H])c2C([2H])([2H])[2H])c([2H])c1[2H]. The molecule has 0 radical (unpaired) electrons. The van der Waals surface area contributed by atoms with Gasteiger partial charge in [-0.05, 0) is 103 Å². The van der Waals surface area contributed by atoms with Crippen LogP contribution in [-0.2, 0) is 5.41 Å². The smallest absolute Gasteiger partial charge is 0.269 e. The fourth-order valence-electron chi connectivity index (χ4n) is 7.58. The molecule has 272 valence electrons. The first-order valence-electron chi connectivity index (χ1n) is 23.7. The summed E-state index contributed by atoms with van der Waals surface area (Å²) in [6, 6.07) is 35.8. The van der Waals surface area contributed by atoms with Crippen molar-refractivity contribution in [3.8, 4) is 34.4 Å². The average Bonchev–Trinajstić information content (AvgIpc) is 3.96. The van der Waals surface area contributed by atoms with Crippen molar-refractivity contribution in [1.29, 1.82) is 0 Å². The largest absolute Gasteiger partial charge is 0.458 e. The van der Waals surface area contributed by atoms with E-state index in [0.717, 1.165) is 64.0 Å². The van der Waals surface area contributed by atoms with Crippen LogP contribution in [0.3, 0.4) is 0 Å². The molecule has 10 aromatic rings. The average molecular weight is 739 g/mol. The number of hydrogen-bond acceptors (Lipinski definition) is 2. The van der Waals surface area contributed by atoms with Gasteiger partial charge in [0.25, 0.3) is 6.33 Å². The second-order valence-corrected chi connectivity index (χ2v) is 14.8. The van der Waals surface area contributed by atoms with Crippen molar-refractivity contribution in [1.82, 2.24) is 18.7 Å². The molecule has 0 aliphatic rings. The third-order valence-electron chi connectivity index (χ3n) is 10.3. The number of para-hydroxylation sites is 3. The molecule has 0 bridgehead atoms. The second-order valence-electron chi connectivity index (χ2n) is 14.8. The summed E-state index contributed by atoms with van der Waals surface area (Å²) >= 11 is 0. The normalized spacial score (nSPS) is 15.3. The number of rotatable bonds is 6. The van der Waals surface area contributed by atoms with Gasteiger partial charge in [0.05, 0.1) is 51.7 Å². The molecule has 4 heterocycles. The van der Waals surface area contributed by atoms with Gasteiger partial charge >= 0.3 is 0 Å². The van der Waals surface area contributed by atoms with E-state index in [1.165, 1.54) is 12.1 Å². The van der Waals surface area contributed by atoms with Crippen LogP contribution in [0.2, 0.25) is 0 Å². The molecule has 4 aromatic heterocycles. The third kappa shape index (κ3) is 5.48. The Morgan fingerprint density at radius 3 is 2.07 bits per heavy atom. The van der Waals surface area contributed by atoms with Crippen LogP contribution in [0.5, 0.6) is 11.5 Å². The van der Waals surface area contributed by atoms with E-state index >= 15 is 0 Å². The first kappa shape index (κ1) is 23.8. The standard InChI is InChI=1S/C50H41N5O/c1-33-34(2)53(32-52(33)36-14-7-6-8-15-36)37-16-13-17-39(29-37)56-40-23-25-44-43-24-22-38(54-45-20-11-9-18-41(45)42-19-10-12-21-46(42)54)30-47(43)55(48(44)31-40)49-28-35(26-27-51-49)50(3,4)5/h6-31H,1-5H3/i1D3,2D3,6D,7D,8D,14D,15D. The molecule has 56 heavy (non-hydrogen) atoms. The van der Waals surface area contributed by atoms with Crippen LogP contribution in [0.25, 0.3) is 66.5 Å². The number of benzene rings is 6. The molecule has 0 unspecified atom stereocenters. The Kier molecular flexibility index (Phi) is 5.45. The second kappa shape index (κ2) is 12.8. The number of aromatic nitrogens is 5. The van der Waals surface area contributed by atoms with Gasteiger partial charge in [0.2, 0.25) is 0 Å².